The maximum Gasteiger partial charge on any atom is 0.239 e. The van der Waals surface area contributed by atoms with Crippen molar-refractivity contribution in [3.63, 3.8) is 0 Å². The number of pyridine rings is 1. The van der Waals surface area contributed by atoms with Gasteiger partial charge in [-0.05, 0) is 13.0 Å². The normalized spacial score (nSPS) is 12.5. The molecule has 0 amide bonds. The molecule has 126 valence electrons. The average Bonchev–Trinajstić information content (AvgIpc) is 3.24. The molecule has 0 bridgehead atoms. The highest BCUT2D eigenvalue weighted by atomic mass is 32.2. The molecule has 8 nitrogen and oxygen atoms in total. The number of rotatable bonds is 6. The van der Waals surface area contributed by atoms with Crippen LogP contribution < -0.4 is 4.74 Å². The molecule has 3 aromatic heterocycles. The largest absolute Gasteiger partial charge is 0.481 e. The minimum absolute atomic E-state index is 0.0424. The van der Waals surface area contributed by atoms with Gasteiger partial charge in [0.05, 0.1) is 24.2 Å². The molecule has 3 aromatic rings. The first-order chi connectivity index (χ1) is 11.6. The van der Waals surface area contributed by atoms with Crippen LogP contribution in [0.2, 0.25) is 0 Å². The van der Waals surface area contributed by atoms with E-state index in [2.05, 4.69) is 25.3 Å². The van der Waals surface area contributed by atoms with Crippen molar-refractivity contribution in [2.45, 2.75) is 37.1 Å². The second kappa shape index (κ2) is 7.00. The Labute approximate surface area is 143 Å². The van der Waals surface area contributed by atoms with E-state index in [0.717, 1.165) is 10.8 Å². The second-order valence-corrected chi connectivity index (χ2v) is 6.76. The van der Waals surface area contributed by atoms with Crippen molar-refractivity contribution in [1.29, 1.82) is 0 Å². The fourth-order valence-electron chi connectivity index (χ4n) is 1.97. The van der Waals surface area contributed by atoms with Crippen molar-refractivity contribution in [3.05, 3.63) is 36.4 Å². The molecule has 1 atom stereocenters. The van der Waals surface area contributed by atoms with Crippen LogP contribution in [0.5, 0.6) is 5.88 Å². The fraction of sp³-hybridized carbons (Fsp3) is 0.400. The molecule has 9 heteroatoms. The molecule has 0 saturated heterocycles. The molecule has 0 saturated carbocycles. The van der Waals surface area contributed by atoms with Gasteiger partial charge in [0.25, 0.3) is 0 Å². The van der Waals surface area contributed by atoms with E-state index < -0.39 is 0 Å². The van der Waals surface area contributed by atoms with Gasteiger partial charge in [-0.25, -0.2) is 4.98 Å². The number of aromatic nitrogens is 6. The highest BCUT2D eigenvalue weighted by Gasteiger charge is 2.20. The van der Waals surface area contributed by atoms with Gasteiger partial charge in [-0.1, -0.05) is 30.8 Å². The Morgan fingerprint density at radius 2 is 2.08 bits per heavy atom. The Morgan fingerprint density at radius 1 is 1.25 bits per heavy atom. The number of thioether (sulfide) groups is 1. The predicted molar refractivity (Wildman–Crippen MR) is 88.4 cm³/mol. The molecule has 0 aliphatic carbocycles. The van der Waals surface area contributed by atoms with E-state index in [4.69, 9.17) is 9.26 Å². The topological polar surface area (TPSA) is 91.8 Å². The second-order valence-electron chi connectivity index (χ2n) is 5.45. The van der Waals surface area contributed by atoms with Crippen LogP contribution in [0.15, 0.2) is 34.3 Å². The van der Waals surface area contributed by atoms with Gasteiger partial charge in [0, 0.05) is 12.0 Å². The van der Waals surface area contributed by atoms with Crippen LogP contribution in [0.4, 0.5) is 0 Å². The Bertz CT molecular complexity index is 798. The molecule has 0 fully saturated rings. The standard InChI is InChI=1S/C15H18N6O2S/c1-9(2)13-18-14(23-20-13)10(3)24-15-19-17-8-21(15)11-5-6-12(22-4)16-7-11/h5-10H,1-4H3/t10-/m1/s1. The average molecular weight is 346 g/mol. The summed E-state index contributed by atoms with van der Waals surface area (Å²) >= 11 is 1.49. The first-order valence-electron chi connectivity index (χ1n) is 7.49. The molecule has 24 heavy (non-hydrogen) atoms. The number of ether oxygens (including phenoxy) is 1. The van der Waals surface area contributed by atoms with E-state index in [1.807, 2.05) is 31.4 Å². The van der Waals surface area contributed by atoms with Gasteiger partial charge < -0.3 is 9.26 Å². The zero-order valence-electron chi connectivity index (χ0n) is 13.9. The van der Waals surface area contributed by atoms with Crippen molar-refractivity contribution >= 4 is 11.8 Å². The summed E-state index contributed by atoms with van der Waals surface area (Å²) in [6, 6.07) is 3.69. The molecule has 0 N–H and O–H groups in total. The predicted octanol–water partition coefficient (Wildman–Crippen LogP) is 3.03. The van der Waals surface area contributed by atoms with Crippen molar-refractivity contribution in [1.82, 2.24) is 29.9 Å². The molecular weight excluding hydrogens is 328 g/mol. The Hall–Kier alpha value is -2.42. The zero-order chi connectivity index (χ0) is 17.1. The maximum atomic E-state index is 5.34. The third-order valence-corrected chi connectivity index (χ3v) is 4.37. The zero-order valence-corrected chi connectivity index (χ0v) is 14.7. The number of hydrogen-bond acceptors (Lipinski definition) is 8. The molecule has 0 unspecified atom stereocenters. The highest BCUT2D eigenvalue weighted by molar-refractivity contribution is 7.99. The van der Waals surface area contributed by atoms with E-state index >= 15 is 0 Å². The Kier molecular flexibility index (Phi) is 4.79. The van der Waals surface area contributed by atoms with Crippen molar-refractivity contribution in [3.8, 4) is 11.6 Å². The molecule has 0 aromatic carbocycles. The summed E-state index contributed by atoms with van der Waals surface area (Å²) in [7, 11) is 1.58. The molecule has 3 heterocycles. The van der Waals surface area contributed by atoms with E-state index in [0.29, 0.717) is 17.6 Å². The lowest BCUT2D eigenvalue weighted by Gasteiger charge is -2.08. The fourth-order valence-corrected chi connectivity index (χ4v) is 2.85. The van der Waals surface area contributed by atoms with Crippen LogP contribution >= 0.6 is 11.8 Å². The maximum absolute atomic E-state index is 5.34. The lowest BCUT2D eigenvalue weighted by molar-refractivity contribution is 0.373. The van der Waals surface area contributed by atoms with Crippen LogP contribution in [-0.2, 0) is 0 Å². The van der Waals surface area contributed by atoms with Gasteiger partial charge >= 0.3 is 0 Å². The van der Waals surface area contributed by atoms with Crippen LogP contribution in [0.3, 0.4) is 0 Å². The summed E-state index contributed by atoms with van der Waals surface area (Å²) in [5, 5.41) is 12.8. The minimum atomic E-state index is -0.0424. The van der Waals surface area contributed by atoms with Gasteiger partial charge in [0.15, 0.2) is 11.0 Å². The number of nitrogens with zero attached hydrogens (tertiary/aromatic N) is 6. The van der Waals surface area contributed by atoms with Gasteiger partial charge in [0.1, 0.15) is 6.33 Å². The van der Waals surface area contributed by atoms with Crippen molar-refractivity contribution in [2.75, 3.05) is 7.11 Å². The molecule has 0 spiro atoms. The molecule has 3 rings (SSSR count). The number of hydrogen-bond donors (Lipinski definition) is 0. The van der Waals surface area contributed by atoms with Crippen LogP contribution in [-0.4, -0.2) is 37.0 Å². The first-order valence-corrected chi connectivity index (χ1v) is 8.37. The Balaban J connectivity index is 1.79. The van der Waals surface area contributed by atoms with Crippen molar-refractivity contribution < 1.29 is 9.26 Å². The van der Waals surface area contributed by atoms with E-state index in [1.165, 1.54) is 11.8 Å². The SMILES string of the molecule is COc1ccc(-n2cnnc2S[C@H](C)c2nc(C(C)C)no2)cn1. The van der Waals surface area contributed by atoms with Crippen LogP contribution in [0.1, 0.15) is 43.7 Å². The van der Waals surface area contributed by atoms with E-state index in [1.54, 1.807) is 25.7 Å². The van der Waals surface area contributed by atoms with Gasteiger partial charge in [-0.2, -0.15) is 4.98 Å². The van der Waals surface area contributed by atoms with E-state index in [-0.39, 0.29) is 11.2 Å². The Morgan fingerprint density at radius 3 is 2.71 bits per heavy atom. The lowest BCUT2D eigenvalue weighted by Crippen LogP contribution is -1.99. The molecule has 0 radical (unpaired) electrons. The third kappa shape index (κ3) is 3.40. The summed E-state index contributed by atoms with van der Waals surface area (Å²) in [5.74, 6) is 2.07. The molecule has 0 aliphatic rings. The van der Waals surface area contributed by atoms with Crippen molar-refractivity contribution in [2.24, 2.45) is 0 Å². The summed E-state index contributed by atoms with van der Waals surface area (Å²) in [6.45, 7) is 6.05. The lowest BCUT2D eigenvalue weighted by atomic mass is 10.2. The van der Waals surface area contributed by atoms with Crippen LogP contribution in [0, 0.1) is 0 Å². The third-order valence-electron chi connectivity index (χ3n) is 3.33. The summed E-state index contributed by atoms with van der Waals surface area (Å²) in [5.41, 5.74) is 0.851. The van der Waals surface area contributed by atoms with E-state index in [9.17, 15) is 0 Å². The van der Waals surface area contributed by atoms with Crippen LogP contribution in [0.25, 0.3) is 5.69 Å². The highest BCUT2D eigenvalue weighted by Crippen LogP contribution is 2.34. The smallest absolute Gasteiger partial charge is 0.239 e. The summed E-state index contributed by atoms with van der Waals surface area (Å²) in [6.07, 6.45) is 3.35. The summed E-state index contributed by atoms with van der Waals surface area (Å²) < 4.78 is 12.3. The minimum Gasteiger partial charge on any atom is -0.481 e. The molecular formula is C15H18N6O2S. The quantitative estimate of drug-likeness (QED) is 0.629. The summed E-state index contributed by atoms with van der Waals surface area (Å²) in [4.78, 5) is 8.64. The monoisotopic (exact) mass is 346 g/mol. The molecule has 0 aliphatic heterocycles. The first kappa shape index (κ1) is 16.4. The van der Waals surface area contributed by atoms with Gasteiger partial charge in [-0.3, -0.25) is 4.57 Å². The van der Waals surface area contributed by atoms with Gasteiger partial charge in [0.2, 0.25) is 11.8 Å². The number of methoxy groups -OCH3 is 1. The van der Waals surface area contributed by atoms with Gasteiger partial charge in [-0.15, -0.1) is 10.2 Å².